The van der Waals surface area contributed by atoms with Gasteiger partial charge in [0.2, 0.25) is 0 Å². The Morgan fingerprint density at radius 2 is 2.00 bits per heavy atom. The van der Waals surface area contributed by atoms with Crippen LogP contribution in [0.1, 0.15) is 11.7 Å². The Morgan fingerprint density at radius 1 is 1.23 bits per heavy atom. The maximum absolute atomic E-state index is 4.28. The minimum Gasteiger partial charge on any atom is -0.340 e. The summed E-state index contributed by atoms with van der Waals surface area (Å²) in [7, 11) is 1.97. The second-order valence-electron chi connectivity index (χ2n) is 2.98. The molecular formula is C10H11N3. The Kier molecular flexibility index (Phi) is 2.08. The monoisotopic (exact) mass is 173 g/mol. The van der Waals surface area contributed by atoms with Crippen LogP contribution in [0, 0.1) is 0 Å². The van der Waals surface area contributed by atoms with Crippen LogP contribution in [0.15, 0.2) is 40.3 Å². The number of hydrogen-bond acceptors (Lipinski definition) is 3. The van der Waals surface area contributed by atoms with Crippen LogP contribution < -0.4 is 0 Å². The second kappa shape index (κ2) is 3.39. The standard InChI is InChI=1S/C10H11N3/c1-13-8-11-7-12-10(13)9-5-3-2-4-6-9/h2-8,10H,1H3. The Bertz CT molecular complexity index is 329. The van der Waals surface area contributed by atoms with Crippen LogP contribution in [-0.2, 0) is 0 Å². The maximum Gasteiger partial charge on any atom is 0.149 e. The van der Waals surface area contributed by atoms with E-state index in [4.69, 9.17) is 0 Å². The van der Waals surface area contributed by atoms with E-state index in [2.05, 4.69) is 22.1 Å². The molecule has 1 aromatic carbocycles. The Balaban J connectivity index is 2.27. The van der Waals surface area contributed by atoms with Crippen molar-refractivity contribution in [3.8, 4) is 0 Å². The van der Waals surface area contributed by atoms with E-state index in [1.54, 1.807) is 12.7 Å². The number of benzene rings is 1. The molecule has 1 aromatic rings. The molecular weight excluding hydrogens is 162 g/mol. The number of rotatable bonds is 1. The fourth-order valence-electron chi connectivity index (χ4n) is 1.35. The van der Waals surface area contributed by atoms with Gasteiger partial charge in [-0.1, -0.05) is 30.3 Å². The summed E-state index contributed by atoms with van der Waals surface area (Å²) in [6, 6.07) is 10.2. The van der Waals surface area contributed by atoms with Gasteiger partial charge in [-0.3, -0.25) is 0 Å². The third-order valence-corrected chi connectivity index (χ3v) is 2.01. The molecule has 1 aliphatic rings. The summed E-state index contributed by atoms with van der Waals surface area (Å²) in [5, 5.41) is 0. The van der Waals surface area contributed by atoms with Gasteiger partial charge in [0.1, 0.15) is 12.5 Å². The van der Waals surface area contributed by atoms with Crippen molar-refractivity contribution in [2.45, 2.75) is 6.17 Å². The highest BCUT2D eigenvalue weighted by molar-refractivity contribution is 5.73. The molecule has 0 saturated carbocycles. The summed E-state index contributed by atoms with van der Waals surface area (Å²) in [5.41, 5.74) is 1.19. The van der Waals surface area contributed by atoms with Crippen LogP contribution in [0.2, 0.25) is 0 Å². The summed E-state index contributed by atoms with van der Waals surface area (Å²) in [6.07, 6.45) is 3.46. The van der Waals surface area contributed by atoms with Gasteiger partial charge in [-0.15, -0.1) is 0 Å². The van der Waals surface area contributed by atoms with Crippen LogP contribution in [0.3, 0.4) is 0 Å². The Hall–Kier alpha value is -1.64. The number of aliphatic imine (C=N–C) groups is 2. The zero-order valence-electron chi connectivity index (χ0n) is 7.46. The fourth-order valence-corrected chi connectivity index (χ4v) is 1.35. The van der Waals surface area contributed by atoms with E-state index in [1.165, 1.54) is 5.56 Å². The van der Waals surface area contributed by atoms with Gasteiger partial charge in [-0.05, 0) is 5.56 Å². The molecule has 0 saturated heterocycles. The van der Waals surface area contributed by atoms with Gasteiger partial charge < -0.3 is 4.90 Å². The van der Waals surface area contributed by atoms with Gasteiger partial charge in [0, 0.05) is 7.05 Å². The van der Waals surface area contributed by atoms with Crippen LogP contribution in [0.25, 0.3) is 0 Å². The van der Waals surface area contributed by atoms with Crippen molar-refractivity contribution in [3.63, 3.8) is 0 Å². The molecule has 0 spiro atoms. The Morgan fingerprint density at radius 3 is 2.69 bits per heavy atom. The lowest BCUT2D eigenvalue weighted by molar-refractivity contribution is 0.395. The van der Waals surface area contributed by atoms with E-state index in [0.717, 1.165) is 0 Å². The fraction of sp³-hybridized carbons (Fsp3) is 0.200. The van der Waals surface area contributed by atoms with Crippen molar-refractivity contribution in [3.05, 3.63) is 35.9 Å². The molecule has 1 heterocycles. The van der Waals surface area contributed by atoms with Crippen LogP contribution >= 0.6 is 0 Å². The largest absolute Gasteiger partial charge is 0.340 e. The van der Waals surface area contributed by atoms with E-state index in [9.17, 15) is 0 Å². The van der Waals surface area contributed by atoms with Gasteiger partial charge in [-0.25, -0.2) is 9.98 Å². The molecule has 1 atom stereocenters. The van der Waals surface area contributed by atoms with E-state index < -0.39 is 0 Å². The third kappa shape index (κ3) is 1.59. The third-order valence-electron chi connectivity index (χ3n) is 2.01. The smallest absolute Gasteiger partial charge is 0.149 e. The van der Waals surface area contributed by atoms with E-state index >= 15 is 0 Å². The molecule has 66 valence electrons. The zero-order chi connectivity index (χ0) is 9.10. The predicted octanol–water partition coefficient (Wildman–Crippen LogP) is 1.69. The minimum atomic E-state index is 0.0821. The molecule has 0 aliphatic carbocycles. The highest BCUT2D eigenvalue weighted by Crippen LogP contribution is 2.20. The second-order valence-corrected chi connectivity index (χ2v) is 2.98. The summed E-state index contributed by atoms with van der Waals surface area (Å²) >= 11 is 0. The Labute approximate surface area is 77.4 Å². The van der Waals surface area contributed by atoms with E-state index in [-0.39, 0.29) is 6.17 Å². The average Bonchev–Trinajstić information content (AvgIpc) is 2.20. The number of hydrogen-bond donors (Lipinski definition) is 0. The molecule has 0 aromatic heterocycles. The number of nitrogens with zero attached hydrogens (tertiary/aromatic N) is 3. The topological polar surface area (TPSA) is 28.0 Å². The molecule has 0 N–H and O–H groups in total. The molecule has 2 rings (SSSR count). The van der Waals surface area contributed by atoms with Crippen molar-refractivity contribution < 1.29 is 0 Å². The zero-order valence-corrected chi connectivity index (χ0v) is 7.46. The predicted molar refractivity (Wildman–Crippen MR) is 53.9 cm³/mol. The lowest BCUT2D eigenvalue weighted by Crippen LogP contribution is -2.23. The summed E-state index contributed by atoms with van der Waals surface area (Å²) in [4.78, 5) is 10.2. The summed E-state index contributed by atoms with van der Waals surface area (Å²) in [5.74, 6) is 0. The highest BCUT2D eigenvalue weighted by Gasteiger charge is 2.13. The van der Waals surface area contributed by atoms with Crippen molar-refractivity contribution in [2.24, 2.45) is 9.98 Å². The van der Waals surface area contributed by atoms with Gasteiger partial charge in [0.25, 0.3) is 0 Å². The molecule has 1 unspecified atom stereocenters. The SMILES string of the molecule is CN1C=NC=NC1c1ccccc1. The first kappa shape index (κ1) is 7.98. The van der Waals surface area contributed by atoms with Gasteiger partial charge >= 0.3 is 0 Å². The van der Waals surface area contributed by atoms with E-state index in [0.29, 0.717) is 0 Å². The molecule has 3 heteroatoms. The first-order chi connectivity index (χ1) is 6.38. The summed E-state index contributed by atoms with van der Waals surface area (Å²) in [6.45, 7) is 0. The molecule has 3 nitrogen and oxygen atoms in total. The highest BCUT2D eigenvalue weighted by atomic mass is 15.3. The van der Waals surface area contributed by atoms with Crippen molar-refractivity contribution in [1.82, 2.24) is 4.90 Å². The van der Waals surface area contributed by atoms with Gasteiger partial charge in [0.15, 0.2) is 0 Å². The lowest BCUT2D eigenvalue weighted by Gasteiger charge is -2.24. The van der Waals surface area contributed by atoms with Crippen LogP contribution in [0.4, 0.5) is 0 Å². The van der Waals surface area contributed by atoms with Crippen LogP contribution in [-0.4, -0.2) is 24.6 Å². The van der Waals surface area contributed by atoms with Crippen molar-refractivity contribution in [1.29, 1.82) is 0 Å². The van der Waals surface area contributed by atoms with Gasteiger partial charge in [0.05, 0.1) is 6.34 Å². The van der Waals surface area contributed by atoms with Crippen molar-refractivity contribution in [2.75, 3.05) is 7.05 Å². The average molecular weight is 173 g/mol. The minimum absolute atomic E-state index is 0.0821. The normalized spacial score (nSPS) is 20.7. The molecule has 0 fully saturated rings. The lowest BCUT2D eigenvalue weighted by atomic mass is 10.1. The molecule has 0 amide bonds. The van der Waals surface area contributed by atoms with Gasteiger partial charge in [-0.2, -0.15) is 0 Å². The van der Waals surface area contributed by atoms with Crippen molar-refractivity contribution >= 4 is 12.7 Å². The molecule has 13 heavy (non-hydrogen) atoms. The maximum atomic E-state index is 4.28. The molecule has 1 aliphatic heterocycles. The van der Waals surface area contributed by atoms with Crippen LogP contribution in [0.5, 0.6) is 0 Å². The molecule has 0 radical (unpaired) electrons. The first-order valence-corrected chi connectivity index (χ1v) is 4.20. The quantitative estimate of drug-likeness (QED) is 0.635. The molecule has 0 bridgehead atoms. The van der Waals surface area contributed by atoms with E-state index in [1.807, 2.05) is 30.1 Å². The summed E-state index contributed by atoms with van der Waals surface area (Å²) < 4.78 is 0. The first-order valence-electron chi connectivity index (χ1n) is 4.20.